The number of hydrogen-bond acceptors (Lipinski definition) is 10. The number of nitrogens with two attached hydrogens (primary N) is 1. The van der Waals surface area contributed by atoms with Crippen LogP contribution in [0, 0.1) is 23.7 Å². The van der Waals surface area contributed by atoms with E-state index in [1.54, 1.807) is 0 Å². The van der Waals surface area contributed by atoms with Gasteiger partial charge in [-0.25, -0.2) is 0 Å². The molecule has 5 atom stereocenters. The van der Waals surface area contributed by atoms with Gasteiger partial charge in [0.15, 0.2) is 0 Å². The lowest BCUT2D eigenvalue weighted by Crippen LogP contribution is -2.59. The van der Waals surface area contributed by atoms with Crippen molar-refractivity contribution < 1.29 is 43.2 Å². The van der Waals surface area contributed by atoms with Gasteiger partial charge in [-0.2, -0.15) is 0 Å². The summed E-state index contributed by atoms with van der Waals surface area (Å²) in [6.45, 7) is 19.1. The highest BCUT2D eigenvalue weighted by Crippen LogP contribution is 2.19. The van der Waals surface area contributed by atoms with Crippen molar-refractivity contribution in [3.63, 3.8) is 0 Å². The summed E-state index contributed by atoms with van der Waals surface area (Å²) in [4.78, 5) is 121. The second-order valence-corrected chi connectivity index (χ2v) is 18.8. The van der Waals surface area contributed by atoms with Crippen LogP contribution in [0.2, 0.25) is 0 Å². The molecule has 0 spiro atoms. The fraction of sp³-hybridized carbons (Fsp3) is 0.800. The van der Waals surface area contributed by atoms with Crippen LogP contribution in [0.15, 0.2) is 0 Å². The average Bonchev–Trinajstić information content (AvgIpc) is 3.70. The summed E-state index contributed by atoms with van der Waals surface area (Å²) in [7, 11) is 0. The zero-order chi connectivity index (χ0) is 48.5. The number of hydrazine groups is 1. The number of carbonyl (C=O) groups excluding carboxylic acids is 9. The third-order valence-electron chi connectivity index (χ3n) is 10.6. The fourth-order valence-corrected chi connectivity index (χ4v) is 7.51. The lowest BCUT2D eigenvalue weighted by molar-refractivity contribution is -0.142. The van der Waals surface area contributed by atoms with Crippen molar-refractivity contribution in [2.75, 3.05) is 32.7 Å². The Bertz CT molecular complexity index is 1540. The van der Waals surface area contributed by atoms with E-state index >= 15 is 0 Å². The number of rotatable bonds is 29. The second-order valence-electron chi connectivity index (χ2n) is 18.8. The molecule has 0 aromatic carbocycles. The zero-order valence-corrected chi connectivity index (χ0v) is 40.4. The maximum absolute atomic E-state index is 14.2. The molecule has 0 bridgehead atoms. The Labute approximate surface area is 381 Å². The number of nitrogens with one attached hydrogen (secondary N) is 7. The van der Waals surface area contributed by atoms with E-state index in [9.17, 15) is 43.2 Å². The van der Waals surface area contributed by atoms with Crippen molar-refractivity contribution >= 4 is 53.2 Å². The molecule has 1 aliphatic rings. The minimum Gasteiger partial charge on any atom is -0.356 e. The van der Waals surface area contributed by atoms with E-state index in [2.05, 4.69) is 37.4 Å². The number of amides is 9. The van der Waals surface area contributed by atoms with Crippen molar-refractivity contribution in [2.24, 2.45) is 29.4 Å². The SMILES string of the molecule is CC(=O)NCCCCCC(=O)NNC(=O)[C@@H](CC(C)C)NC(=O)[C@H](CC(C)C)NC(=O)[C@H](CC(C)C)NC(=O)CN(CCCCN)C(=O)[C@H](CC(C)C)NC(=O)[C@@H]1CCCN1C(C)=O. The maximum atomic E-state index is 14.2. The first kappa shape index (κ1) is 57.2. The molecule has 0 radical (unpaired) electrons. The molecule has 366 valence electrons. The predicted molar refractivity (Wildman–Crippen MR) is 244 cm³/mol. The Morgan fingerprint density at radius 3 is 1.66 bits per heavy atom. The van der Waals surface area contributed by atoms with Crippen molar-refractivity contribution in [1.29, 1.82) is 0 Å². The van der Waals surface area contributed by atoms with Gasteiger partial charge in [-0.15, -0.1) is 0 Å². The molecule has 0 unspecified atom stereocenters. The van der Waals surface area contributed by atoms with Gasteiger partial charge in [-0.1, -0.05) is 61.8 Å². The number of likely N-dealkylation sites (tertiary alicyclic amines) is 1. The highest BCUT2D eigenvalue weighted by atomic mass is 16.2. The number of unbranched alkanes of at least 4 members (excludes halogenated alkanes) is 3. The van der Waals surface area contributed by atoms with Gasteiger partial charge in [0.05, 0.1) is 6.54 Å². The monoisotopic (exact) mass is 907 g/mol. The molecule has 1 saturated heterocycles. The van der Waals surface area contributed by atoms with E-state index in [1.165, 1.54) is 23.6 Å². The predicted octanol–water partition coefficient (Wildman–Crippen LogP) is 1.53. The van der Waals surface area contributed by atoms with Crippen LogP contribution in [0.1, 0.15) is 146 Å². The zero-order valence-electron chi connectivity index (χ0n) is 40.4. The largest absolute Gasteiger partial charge is 0.356 e. The lowest BCUT2D eigenvalue weighted by atomic mass is 9.98. The van der Waals surface area contributed by atoms with Crippen molar-refractivity contribution in [3.05, 3.63) is 0 Å². The van der Waals surface area contributed by atoms with Gasteiger partial charge in [-0.3, -0.25) is 54.0 Å². The molecule has 19 heteroatoms. The summed E-state index contributed by atoms with van der Waals surface area (Å²) in [5.41, 5.74) is 10.6. The summed E-state index contributed by atoms with van der Waals surface area (Å²) in [5, 5.41) is 13.9. The lowest BCUT2D eigenvalue weighted by Gasteiger charge is -2.31. The molecular weight excluding hydrogens is 825 g/mol. The minimum absolute atomic E-state index is 0.00166. The number of nitrogens with zero attached hydrogens (tertiary/aromatic N) is 2. The van der Waals surface area contributed by atoms with Crippen molar-refractivity contribution in [3.8, 4) is 0 Å². The quantitative estimate of drug-likeness (QED) is 0.0396. The van der Waals surface area contributed by atoms with Gasteiger partial charge in [0.2, 0.25) is 47.3 Å². The number of hydrogen-bond donors (Lipinski definition) is 8. The van der Waals surface area contributed by atoms with Crippen LogP contribution in [-0.4, -0.2) is 126 Å². The van der Waals surface area contributed by atoms with Crippen LogP contribution >= 0.6 is 0 Å². The van der Waals surface area contributed by atoms with Crippen LogP contribution < -0.4 is 43.2 Å². The molecule has 19 nitrogen and oxygen atoms in total. The Balaban J connectivity index is 3.18. The molecule has 1 heterocycles. The van der Waals surface area contributed by atoms with Crippen molar-refractivity contribution in [1.82, 2.24) is 47.2 Å². The van der Waals surface area contributed by atoms with E-state index in [0.29, 0.717) is 71.0 Å². The fourth-order valence-electron chi connectivity index (χ4n) is 7.51. The highest BCUT2D eigenvalue weighted by Gasteiger charge is 2.37. The number of carbonyl (C=O) groups is 9. The van der Waals surface area contributed by atoms with E-state index in [-0.39, 0.29) is 67.7 Å². The smallest absolute Gasteiger partial charge is 0.260 e. The van der Waals surface area contributed by atoms with Gasteiger partial charge in [0.1, 0.15) is 30.2 Å². The van der Waals surface area contributed by atoms with Gasteiger partial charge in [0, 0.05) is 39.9 Å². The van der Waals surface area contributed by atoms with E-state index < -0.39 is 78.1 Å². The Hall–Kier alpha value is -4.81. The standard InChI is InChI=1S/C45H82N10O9/c1-28(2)23-34(48-40(59)27-54(21-15-13-19-46)45(64)37(26-31(7)8)51-44(63)38-17-16-22-55(38)33(10)57)41(60)49-35(24-29(3)4)42(61)50-36(25-30(5)6)43(62)53-52-39(58)18-12-11-14-20-47-32(9)56/h28-31,34-38H,11-27,46H2,1-10H3,(H,47,56)(H,48,59)(H,49,60)(H,50,61)(H,51,63)(H,52,58)(H,53,62)/t34-,35-,36+,37-,38-/m0/s1. The molecule has 9 amide bonds. The molecule has 0 aromatic heterocycles. The Kier molecular flexibility index (Phi) is 27.1. The van der Waals surface area contributed by atoms with Gasteiger partial charge in [0.25, 0.3) is 5.91 Å². The normalized spacial score (nSPS) is 15.5. The van der Waals surface area contributed by atoms with Gasteiger partial charge >= 0.3 is 0 Å². The van der Waals surface area contributed by atoms with E-state index in [0.717, 1.165) is 0 Å². The topological polar surface area (TPSA) is 270 Å². The summed E-state index contributed by atoms with van der Waals surface area (Å²) in [5.74, 6) is -4.24. The first-order chi connectivity index (χ1) is 30.0. The van der Waals surface area contributed by atoms with Crippen LogP contribution in [-0.2, 0) is 43.2 Å². The molecule has 0 aliphatic carbocycles. The molecule has 0 saturated carbocycles. The van der Waals surface area contributed by atoms with Gasteiger partial charge < -0.3 is 42.1 Å². The summed E-state index contributed by atoms with van der Waals surface area (Å²) >= 11 is 0. The van der Waals surface area contributed by atoms with Crippen LogP contribution in [0.5, 0.6) is 0 Å². The second kappa shape index (κ2) is 30.3. The molecule has 1 fully saturated rings. The summed E-state index contributed by atoms with van der Waals surface area (Å²) < 4.78 is 0. The first-order valence-corrected chi connectivity index (χ1v) is 23.4. The molecule has 1 aliphatic heterocycles. The van der Waals surface area contributed by atoms with Gasteiger partial charge in [-0.05, 0) is 94.4 Å². The van der Waals surface area contributed by atoms with Crippen molar-refractivity contribution in [2.45, 2.75) is 176 Å². The van der Waals surface area contributed by atoms with Crippen LogP contribution in [0.3, 0.4) is 0 Å². The van der Waals surface area contributed by atoms with E-state index in [4.69, 9.17) is 5.73 Å². The molecular formula is C45H82N10O9. The molecule has 9 N–H and O–H groups in total. The molecule has 64 heavy (non-hydrogen) atoms. The van der Waals surface area contributed by atoms with Crippen LogP contribution in [0.4, 0.5) is 0 Å². The Morgan fingerprint density at radius 1 is 0.609 bits per heavy atom. The highest BCUT2D eigenvalue weighted by molar-refractivity contribution is 5.96. The summed E-state index contributed by atoms with van der Waals surface area (Å²) in [6, 6.07) is -4.86. The third-order valence-corrected chi connectivity index (χ3v) is 10.6. The first-order valence-electron chi connectivity index (χ1n) is 23.4. The molecule has 1 rings (SSSR count). The van der Waals surface area contributed by atoms with E-state index in [1.807, 2.05) is 55.4 Å². The third kappa shape index (κ3) is 23.2. The molecule has 0 aromatic rings. The maximum Gasteiger partial charge on any atom is 0.260 e. The summed E-state index contributed by atoms with van der Waals surface area (Å²) in [6.07, 6.45) is 5.30. The van der Waals surface area contributed by atoms with Crippen LogP contribution in [0.25, 0.3) is 0 Å². The average molecular weight is 907 g/mol. The minimum atomic E-state index is -1.09. The Morgan fingerprint density at radius 2 is 1.14 bits per heavy atom.